The average Bonchev–Trinajstić information content (AvgIpc) is 2.37. The SMILES string of the molecule is COCc1cc(CNC(=O)C(C)C2CNC2)ccc1F.Cl. The van der Waals surface area contributed by atoms with Gasteiger partial charge in [0.1, 0.15) is 5.82 Å². The smallest absolute Gasteiger partial charge is 0.223 e. The standard InChI is InChI=1S/C15H21FN2O2.ClH/c1-10(13-7-17-8-13)15(19)18-6-11-3-4-14(16)12(5-11)9-20-2;/h3-5,10,13,17H,6-9H2,1-2H3,(H,18,19);1H. The van der Waals surface area contributed by atoms with E-state index in [-0.39, 0.29) is 36.7 Å². The van der Waals surface area contributed by atoms with E-state index >= 15 is 0 Å². The van der Waals surface area contributed by atoms with E-state index in [9.17, 15) is 9.18 Å². The van der Waals surface area contributed by atoms with Crippen LogP contribution in [0.3, 0.4) is 0 Å². The molecule has 1 saturated heterocycles. The third kappa shape index (κ3) is 4.66. The van der Waals surface area contributed by atoms with E-state index in [0.717, 1.165) is 18.7 Å². The molecular formula is C15H22ClFN2O2. The van der Waals surface area contributed by atoms with E-state index in [0.29, 0.717) is 18.0 Å². The summed E-state index contributed by atoms with van der Waals surface area (Å²) in [7, 11) is 1.53. The van der Waals surface area contributed by atoms with E-state index in [4.69, 9.17) is 4.74 Å². The Labute approximate surface area is 130 Å². The summed E-state index contributed by atoms with van der Waals surface area (Å²) in [5, 5.41) is 6.07. The molecule has 0 aromatic heterocycles. The van der Waals surface area contributed by atoms with Crippen LogP contribution in [0, 0.1) is 17.7 Å². The number of carbonyl (C=O) groups is 1. The predicted molar refractivity (Wildman–Crippen MR) is 81.7 cm³/mol. The molecule has 118 valence electrons. The lowest BCUT2D eigenvalue weighted by atomic mass is 9.88. The molecule has 1 aromatic carbocycles. The van der Waals surface area contributed by atoms with Crippen LogP contribution in [0.25, 0.3) is 0 Å². The Kier molecular flexibility index (Phi) is 7.08. The van der Waals surface area contributed by atoms with Crippen LogP contribution >= 0.6 is 12.4 Å². The Morgan fingerprint density at radius 1 is 1.52 bits per heavy atom. The molecule has 0 saturated carbocycles. The van der Waals surface area contributed by atoms with Crippen LogP contribution in [0.15, 0.2) is 18.2 Å². The highest BCUT2D eigenvalue weighted by Crippen LogP contribution is 2.16. The van der Waals surface area contributed by atoms with Crippen molar-refractivity contribution >= 4 is 18.3 Å². The van der Waals surface area contributed by atoms with Gasteiger partial charge in [-0.2, -0.15) is 0 Å². The minimum atomic E-state index is -0.282. The number of halogens is 2. The Balaban J connectivity index is 0.00000220. The molecule has 2 N–H and O–H groups in total. The second-order valence-corrected chi connectivity index (χ2v) is 5.28. The van der Waals surface area contributed by atoms with Crippen molar-refractivity contribution in [1.82, 2.24) is 10.6 Å². The summed E-state index contributed by atoms with van der Waals surface area (Å²) in [6.45, 7) is 4.41. The van der Waals surface area contributed by atoms with Crippen molar-refractivity contribution in [1.29, 1.82) is 0 Å². The van der Waals surface area contributed by atoms with Gasteiger partial charge in [0.25, 0.3) is 0 Å². The number of hydrogen-bond acceptors (Lipinski definition) is 3. The molecular weight excluding hydrogens is 295 g/mol. The number of rotatable bonds is 6. The van der Waals surface area contributed by atoms with Crippen molar-refractivity contribution in [2.24, 2.45) is 11.8 Å². The molecule has 2 rings (SSSR count). The van der Waals surface area contributed by atoms with Crippen LogP contribution in [0.5, 0.6) is 0 Å². The maximum absolute atomic E-state index is 13.5. The zero-order chi connectivity index (χ0) is 14.5. The molecule has 1 heterocycles. The minimum absolute atomic E-state index is 0. The fraction of sp³-hybridized carbons (Fsp3) is 0.533. The molecule has 21 heavy (non-hydrogen) atoms. The lowest BCUT2D eigenvalue weighted by molar-refractivity contribution is -0.126. The van der Waals surface area contributed by atoms with Crippen molar-refractivity contribution in [3.05, 3.63) is 35.1 Å². The number of carbonyl (C=O) groups excluding carboxylic acids is 1. The van der Waals surface area contributed by atoms with Crippen LogP contribution in [-0.4, -0.2) is 26.1 Å². The summed E-state index contributed by atoms with van der Waals surface area (Å²) in [6.07, 6.45) is 0. The topological polar surface area (TPSA) is 50.4 Å². The predicted octanol–water partition coefficient (Wildman–Crippen LogP) is 1.87. The summed E-state index contributed by atoms with van der Waals surface area (Å²) < 4.78 is 18.4. The summed E-state index contributed by atoms with van der Waals surface area (Å²) in [4.78, 5) is 12.0. The van der Waals surface area contributed by atoms with E-state index in [1.54, 1.807) is 12.1 Å². The van der Waals surface area contributed by atoms with Crippen molar-refractivity contribution in [2.75, 3.05) is 20.2 Å². The maximum atomic E-state index is 13.5. The highest BCUT2D eigenvalue weighted by molar-refractivity contribution is 5.85. The van der Waals surface area contributed by atoms with Crippen LogP contribution in [0.1, 0.15) is 18.1 Å². The molecule has 1 aliphatic rings. The molecule has 0 aliphatic carbocycles. The molecule has 1 aliphatic heterocycles. The van der Waals surface area contributed by atoms with Crippen LogP contribution in [0.2, 0.25) is 0 Å². The number of hydrogen-bond donors (Lipinski definition) is 2. The number of amides is 1. The molecule has 0 spiro atoms. The van der Waals surface area contributed by atoms with Crippen LogP contribution in [0.4, 0.5) is 4.39 Å². The first kappa shape index (κ1) is 17.9. The van der Waals surface area contributed by atoms with Gasteiger partial charge in [0.15, 0.2) is 0 Å². The lowest BCUT2D eigenvalue weighted by Gasteiger charge is -2.31. The van der Waals surface area contributed by atoms with Gasteiger partial charge in [-0.15, -0.1) is 12.4 Å². The zero-order valence-corrected chi connectivity index (χ0v) is 13.1. The van der Waals surface area contributed by atoms with Crippen LogP contribution < -0.4 is 10.6 Å². The zero-order valence-electron chi connectivity index (χ0n) is 12.3. The van der Waals surface area contributed by atoms with Crippen molar-refractivity contribution in [2.45, 2.75) is 20.1 Å². The highest BCUT2D eigenvalue weighted by Gasteiger charge is 2.28. The fourth-order valence-corrected chi connectivity index (χ4v) is 2.23. The van der Waals surface area contributed by atoms with Gasteiger partial charge in [-0.3, -0.25) is 4.79 Å². The van der Waals surface area contributed by atoms with Crippen molar-refractivity contribution in [3.8, 4) is 0 Å². The van der Waals surface area contributed by atoms with Gasteiger partial charge in [0, 0.05) is 25.1 Å². The molecule has 0 bridgehead atoms. The van der Waals surface area contributed by atoms with Gasteiger partial charge in [-0.25, -0.2) is 4.39 Å². The van der Waals surface area contributed by atoms with E-state index < -0.39 is 0 Å². The minimum Gasteiger partial charge on any atom is -0.380 e. The van der Waals surface area contributed by atoms with Gasteiger partial charge in [0.05, 0.1) is 6.61 Å². The average molecular weight is 317 g/mol. The van der Waals surface area contributed by atoms with E-state index in [1.165, 1.54) is 13.2 Å². The number of nitrogens with one attached hydrogen (secondary N) is 2. The first-order valence-electron chi connectivity index (χ1n) is 6.86. The van der Waals surface area contributed by atoms with Crippen molar-refractivity contribution in [3.63, 3.8) is 0 Å². The molecule has 6 heteroatoms. The molecule has 1 unspecified atom stereocenters. The third-order valence-corrected chi connectivity index (χ3v) is 3.81. The fourth-order valence-electron chi connectivity index (χ4n) is 2.23. The Hall–Kier alpha value is -1.17. The second kappa shape index (κ2) is 8.32. The molecule has 0 radical (unpaired) electrons. The maximum Gasteiger partial charge on any atom is 0.223 e. The molecule has 1 atom stereocenters. The number of benzene rings is 1. The van der Waals surface area contributed by atoms with Crippen LogP contribution in [-0.2, 0) is 22.7 Å². The third-order valence-electron chi connectivity index (χ3n) is 3.81. The lowest BCUT2D eigenvalue weighted by Crippen LogP contribution is -2.49. The van der Waals surface area contributed by atoms with Gasteiger partial charge in [-0.1, -0.05) is 13.0 Å². The first-order chi connectivity index (χ1) is 9.61. The monoisotopic (exact) mass is 316 g/mol. The summed E-state index contributed by atoms with van der Waals surface area (Å²) in [5.74, 6) is 0.201. The quantitative estimate of drug-likeness (QED) is 0.842. The van der Waals surface area contributed by atoms with Gasteiger partial charge >= 0.3 is 0 Å². The Bertz CT molecular complexity index is 481. The molecule has 4 nitrogen and oxygen atoms in total. The van der Waals surface area contributed by atoms with E-state index in [1.807, 2.05) is 6.92 Å². The molecule has 1 aromatic rings. The number of methoxy groups -OCH3 is 1. The summed E-state index contributed by atoms with van der Waals surface area (Å²) in [5.41, 5.74) is 1.39. The largest absolute Gasteiger partial charge is 0.380 e. The Morgan fingerprint density at radius 2 is 2.24 bits per heavy atom. The molecule has 1 fully saturated rings. The first-order valence-corrected chi connectivity index (χ1v) is 6.86. The second-order valence-electron chi connectivity index (χ2n) is 5.28. The summed E-state index contributed by atoms with van der Waals surface area (Å²) in [6, 6.07) is 4.83. The summed E-state index contributed by atoms with van der Waals surface area (Å²) >= 11 is 0. The number of ether oxygens (including phenoxy) is 1. The highest BCUT2D eigenvalue weighted by atomic mass is 35.5. The molecule has 1 amide bonds. The normalized spacial score (nSPS) is 15.8. The Morgan fingerprint density at radius 3 is 2.81 bits per heavy atom. The van der Waals surface area contributed by atoms with Gasteiger partial charge in [-0.05, 0) is 36.7 Å². The van der Waals surface area contributed by atoms with Gasteiger partial charge < -0.3 is 15.4 Å². The van der Waals surface area contributed by atoms with E-state index in [2.05, 4.69) is 10.6 Å². The van der Waals surface area contributed by atoms with Crippen molar-refractivity contribution < 1.29 is 13.9 Å². The van der Waals surface area contributed by atoms with Gasteiger partial charge in [0.2, 0.25) is 5.91 Å².